The highest BCUT2D eigenvalue weighted by molar-refractivity contribution is 6.17. The van der Waals surface area contributed by atoms with Crippen molar-refractivity contribution in [3.05, 3.63) is 70.8 Å². The van der Waals surface area contributed by atoms with Gasteiger partial charge in [0, 0.05) is 19.0 Å². The first-order valence-electron chi connectivity index (χ1n) is 7.41. The molecule has 0 aromatic heterocycles. The van der Waals surface area contributed by atoms with Gasteiger partial charge >= 0.3 is 0 Å². The van der Waals surface area contributed by atoms with Crippen LogP contribution in [0.5, 0.6) is 0 Å². The number of halogens is 1. The molecule has 0 radical (unpaired) electrons. The number of hydrogen-bond donors (Lipinski definition) is 1. The summed E-state index contributed by atoms with van der Waals surface area (Å²) in [6, 6.07) is 17.0. The lowest BCUT2D eigenvalue weighted by Crippen LogP contribution is -2.27. The van der Waals surface area contributed by atoms with E-state index in [0.29, 0.717) is 5.88 Å². The normalized spacial score (nSPS) is 17.5. The molecule has 3 rings (SSSR count). The molecule has 0 aliphatic carbocycles. The first kappa shape index (κ1) is 14.6. The van der Waals surface area contributed by atoms with Crippen molar-refractivity contribution in [3.63, 3.8) is 0 Å². The molecular formula is C18H20ClNO. The van der Waals surface area contributed by atoms with Crippen LogP contribution < -0.4 is 5.32 Å². The Morgan fingerprint density at radius 1 is 1.05 bits per heavy atom. The maximum absolute atomic E-state index is 5.90. The molecule has 0 saturated carbocycles. The number of alkyl halides is 1. The number of rotatable bonds is 5. The van der Waals surface area contributed by atoms with Crippen molar-refractivity contribution in [1.29, 1.82) is 0 Å². The molecule has 0 saturated heterocycles. The largest absolute Gasteiger partial charge is 0.372 e. The van der Waals surface area contributed by atoms with Crippen molar-refractivity contribution in [2.75, 3.05) is 13.2 Å². The molecule has 0 amide bonds. The Labute approximate surface area is 131 Å². The Kier molecular flexibility index (Phi) is 4.91. The third-order valence-electron chi connectivity index (χ3n) is 3.93. The van der Waals surface area contributed by atoms with Gasteiger partial charge in [0.05, 0.1) is 12.7 Å². The third kappa shape index (κ3) is 3.65. The molecule has 3 heteroatoms. The first-order chi connectivity index (χ1) is 10.4. The van der Waals surface area contributed by atoms with Crippen molar-refractivity contribution >= 4 is 11.6 Å². The fourth-order valence-electron chi connectivity index (χ4n) is 2.74. The summed E-state index contributed by atoms with van der Waals surface area (Å²) in [6.07, 6.45) is 1.18. The molecule has 1 aliphatic heterocycles. The van der Waals surface area contributed by atoms with Crippen LogP contribution in [0.1, 0.15) is 28.4 Å². The molecule has 1 aliphatic rings. The zero-order valence-corrected chi connectivity index (χ0v) is 12.8. The van der Waals surface area contributed by atoms with E-state index in [-0.39, 0.29) is 6.10 Å². The predicted octanol–water partition coefficient (Wildman–Crippen LogP) is 3.83. The minimum absolute atomic E-state index is 0.164. The molecule has 110 valence electrons. The van der Waals surface area contributed by atoms with E-state index >= 15 is 0 Å². The van der Waals surface area contributed by atoms with Gasteiger partial charge in [-0.05, 0) is 28.7 Å². The molecule has 21 heavy (non-hydrogen) atoms. The second-order valence-electron chi connectivity index (χ2n) is 5.39. The lowest BCUT2D eigenvalue weighted by atomic mass is 9.97. The smallest absolute Gasteiger partial charge is 0.0952 e. The molecule has 2 aromatic carbocycles. The van der Waals surface area contributed by atoms with Crippen molar-refractivity contribution in [1.82, 2.24) is 5.32 Å². The molecule has 1 heterocycles. The Morgan fingerprint density at radius 3 is 2.62 bits per heavy atom. The molecule has 1 unspecified atom stereocenters. The van der Waals surface area contributed by atoms with Crippen molar-refractivity contribution in [2.45, 2.75) is 24.9 Å². The summed E-state index contributed by atoms with van der Waals surface area (Å²) < 4.78 is 5.90. The maximum atomic E-state index is 5.90. The summed E-state index contributed by atoms with van der Waals surface area (Å²) in [5, 5.41) is 3.49. The second-order valence-corrected chi connectivity index (χ2v) is 5.66. The molecule has 1 N–H and O–H groups in total. The van der Waals surface area contributed by atoms with Crippen LogP contribution in [0.3, 0.4) is 0 Å². The van der Waals surface area contributed by atoms with Gasteiger partial charge in [-0.2, -0.15) is 0 Å². The van der Waals surface area contributed by atoms with Crippen LogP contribution >= 0.6 is 11.6 Å². The SMILES string of the molecule is ClCc1ccc(CNCC2OCCc3ccccc32)cc1. The quantitative estimate of drug-likeness (QED) is 0.848. The van der Waals surface area contributed by atoms with Crippen LogP contribution in [0.15, 0.2) is 48.5 Å². The van der Waals surface area contributed by atoms with Gasteiger partial charge in [0.2, 0.25) is 0 Å². The highest BCUT2D eigenvalue weighted by Gasteiger charge is 2.19. The zero-order chi connectivity index (χ0) is 14.5. The monoisotopic (exact) mass is 301 g/mol. The van der Waals surface area contributed by atoms with Crippen LogP contribution in [0.2, 0.25) is 0 Å². The van der Waals surface area contributed by atoms with Crippen molar-refractivity contribution < 1.29 is 4.74 Å². The lowest BCUT2D eigenvalue weighted by Gasteiger charge is -2.26. The van der Waals surface area contributed by atoms with E-state index in [0.717, 1.165) is 31.7 Å². The number of hydrogen-bond acceptors (Lipinski definition) is 2. The molecule has 1 atom stereocenters. The van der Waals surface area contributed by atoms with E-state index in [1.807, 2.05) is 0 Å². The minimum atomic E-state index is 0.164. The topological polar surface area (TPSA) is 21.3 Å². The maximum Gasteiger partial charge on any atom is 0.0952 e. The molecule has 0 bridgehead atoms. The lowest BCUT2D eigenvalue weighted by molar-refractivity contribution is 0.0423. The molecule has 2 nitrogen and oxygen atoms in total. The minimum Gasteiger partial charge on any atom is -0.372 e. The van der Waals surface area contributed by atoms with Gasteiger partial charge in [0.15, 0.2) is 0 Å². The van der Waals surface area contributed by atoms with Gasteiger partial charge < -0.3 is 10.1 Å². The number of benzene rings is 2. The van der Waals surface area contributed by atoms with Gasteiger partial charge in [0.1, 0.15) is 0 Å². The summed E-state index contributed by atoms with van der Waals surface area (Å²) in [6.45, 7) is 2.51. The van der Waals surface area contributed by atoms with Crippen molar-refractivity contribution in [3.8, 4) is 0 Å². The number of fused-ring (bicyclic) bond motifs is 1. The van der Waals surface area contributed by atoms with Gasteiger partial charge in [0.25, 0.3) is 0 Å². The van der Waals surface area contributed by atoms with Crippen LogP contribution in [-0.2, 0) is 23.6 Å². The van der Waals surface area contributed by atoms with Gasteiger partial charge in [-0.15, -0.1) is 11.6 Å². The van der Waals surface area contributed by atoms with E-state index < -0.39 is 0 Å². The van der Waals surface area contributed by atoms with E-state index in [4.69, 9.17) is 16.3 Å². The van der Waals surface area contributed by atoms with E-state index in [1.165, 1.54) is 16.7 Å². The summed E-state index contributed by atoms with van der Waals surface area (Å²) >= 11 is 5.80. The summed E-state index contributed by atoms with van der Waals surface area (Å²) in [4.78, 5) is 0. The first-order valence-corrected chi connectivity index (χ1v) is 7.94. The predicted molar refractivity (Wildman–Crippen MR) is 86.5 cm³/mol. The van der Waals surface area contributed by atoms with E-state index in [2.05, 4.69) is 53.8 Å². The zero-order valence-electron chi connectivity index (χ0n) is 12.0. The number of ether oxygens (including phenoxy) is 1. The molecule has 2 aromatic rings. The Balaban J connectivity index is 1.56. The van der Waals surface area contributed by atoms with Crippen molar-refractivity contribution in [2.24, 2.45) is 0 Å². The third-order valence-corrected chi connectivity index (χ3v) is 4.24. The number of nitrogens with one attached hydrogen (secondary N) is 1. The summed E-state index contributed by atoms with van der Waals surface area (Å²) in [5.74, 6) is 0.570. The van der Waals surface area contributed by atoms with E-state index in [1.54, 1.807) is 0 Å². The Bertz CT molecular complexity index is 582. The van der Waals surface area contributed by atoms with Crippen LogP contribution in [0.25, 0.3) is 0 Å². The average molecular weight is 302 g/mol. The second kappa shape index (κ2) is 7.08. The van der Waals surface area contributed by atoms with E-state index in [9.17, 15) is 0 Å². The van der Waals surface area contributed by atoms with Crippen LogP contribution in [-0.4, -0.2) is 13.2 Å². The highest BCUT2D eigenvalue weighted by atomic mass is 35.5. The summed E-state index contributed by atoms with van der Waals surface area (Å²) in [7, 11) is 0. The Morgan fingerprint density at radius 2 is 1.81 bits per heavy atom. The molecule has 0 fully saturated rings. The van der Waals surface area contributed by atoms with Gasteiger partial charge in [-0.1, -0.05) is 48.5 Å². The van der Waals surface area contributed by atoms with Gasteiger partial charge in [-0.3, -0.25) is 0 Å². The summed E-state index contributed by atoms with van der Waals surface area (Å²) in [5.41, 5.74) is 5.17. The van der Waals surface area contributed by atoms with Gasteiger partial charge in [-0.25, -0.2) is 0 Å². The highest BCUT2D eigenvalue weighted by Crippen LogP contribution is 2.26. The Hall–Kier alpha value is -1.35. The molecular weight excluding hydrogens is 282 g/mol. The fraction of sp³-hybridized carbons (Fsp3) is 0.333. The average Bonchev–Trinajstić information content (AvgIpc) is 2.56. The standard InChI is InChI=1S/C18H20ClNO/c19-11-14-5-7-15(8-6-14)12-20-13-18-17-4-2-1-3-16(17)9-10-21-18/h1-8,18,20H,9-13H2. The van der Waals surface area contributed by atoms with Crippen LogP contribution in [0, 0.1) is 0 Å². The van der Waals surface area contributed by atoms with Crippen LogP contribution in [0.4, 0.5) is 0 Å². The fourth-order valence-corrected chi connectivity index (χ4v) is 2.92. The molecule has 0 spiro atoms.